The van der Waals surface area contributed by atoms with Gasteiger partial charge in [0.15, 0.2) is 11.2 Å². The van der Waals surface area contributed by atoms with Crippen LogP contribution in [-0.2, 0) is 23.9 Å². The van der Waals surface area contributed by atoms with Gasteiger partial charge in [-0.25, -0.2) is 0 Å². The molecule has 0 radical (unpaired) electrons. The monoisotopic (exact) mass is 390 g/mol. The molecule has 0 spiro atoms. The van der Waals surface area contributed by atoms with Crippen molar-refractivity contribution in [3.8, 4) is 0 Å². The lowest BCUT2D eigenvalue weighted by molar-refractivity contribution is -0.162. The third kappa shape index (κ3) is 2.36. The summed E-state index contributed by atoms with van der Waals surface area (Å²) in [5.41, 5.74) is 0.187. The van der Waals surface area contributed by atoms with Gasteiger partial charge in [0.25, 0.3) is 0 Å². The molecular formula is C24H22O5. The van der Waals surface area contributed by atoms with Crippen LogP contribution in [0, 0.1) is 16.7 Å². The summed E-state index contributed by atoms with van der Waals surface area (Å²) in [4.78, 5) is 39.8. The molecule has 0 amide bonds. The van der Waals surface area contributed by atoms with Crippen LogP contribution in [-0.4, -0.2) is 31.9 Å². The molecule has 0 aromatic heterocycles. The predicted octanol–water partition coefficient (Wildman–Crippen LogP) is 3.54. The van der Waals surface area contributed by atoms with Crippen LogP contribution in [0.2, 0.25) is 0 Å². The van der Waals surface area contributed by atoms with Crippen LogP contribution in [0.3, 0.4) is 0 Å². The zero-order valence-electron chi connectivity index (χ0n) is 16.6. The summed E-state index contributed by atoms with van der Waals surface area (Å²) in [5.74, 6) is -2.52. The van der Waals surface area contributed by atoms with Gasteiger partial charge < -0.3 is 9.47 Å². The van der Waals surface area contributed by atoms with E-state index in [0.29, 0.717) is 5.57 Å². The Kier molecular flexibility index (Phi) is 4.41. The standard InChI is InChI=1S/C24H22O5/c1-23-14-17(20(25)28-2)24(21(23)26,22(27)29-3)19(16-12-8-5-9-13-16)18(23)15-10-6-4-7-11-15/h4-13,17H,14H2,1-3H3/t17-,23+,24+/m0/s1. The zero-order chi connectivity index (χ0) is 20.8. The quantitative estimate of drug-likeness (QED) is 0.590. The van der Waals surface area contributed by atoms with Crippen LogP contribution in [0.15, 0.2) is 60.7 Å². The largest absolute Gasteiger partial charge is 0.469 e. The molecule has 5 heteroatoms. The highest BCUT2D eigenvalue weighted by molar-refractivity contribution is 6.33. The molecule has 0 aliphatic heterocycles. The maximum atomic E-state index is 13.9. The van der Waals surface area contributed by atoms with Gasteiger partial charge in [0.2, 0.25) is 0 Å². The first-order valence-electron chi connectivity index (χ1n) is 9.50. The van der Waals surface area contributed by atoms with Crippen LogP contribution in [0.25, 0.3) is 11.1 Å². The minimum absolute atomic E-state index is 0.203. The maximum Gasteiger partial charge on any atom is 0.324 e. The third-order valence-electron chi connectivity index (χ3n) is 6.31. The molecule has 1 fully saturated rings. The van der Waals surface area contributed by atoms with Crippen molar-refractivity contribution >= 4 is 28.9 Å². The highest BCUT2D eigenvalue weighted by atomic mass is 16.5. The lowest BCUT2D eigenvalue weighted by Crippen LogP contribution is -2.45. The first-order chi connectivity index (χ1) is 13.9. The summed E-state index contributed by atoms with van der Waals surface area (Å²) in [7, 11) is 2.52. The third-order valence-corrected chi connectivity index (χ3v) is 6.31. The van der Waals surface area contributed by atoms with Crippen LogP contribution < -0.4 is 0 Å². The van der Waals surface area contributed by atoms with Crippen molar-refractivity contribution in [2.24, 2.45) is 16.7 Å². The summed E-state index contributed by atoms with van der Waals surface area (Å²) in [6.45, 7) is 1.81. The van der Waals surface area contributed by atoms with E-state index in [4.69, 9.17) is 9.47 Å². The Morgan fingerprint density at radius 1 is 0.862 bits per heavy atom. The number of methoxy groups -OCH3 is 2. The number of hydrogen-bond acceptors (Lipinski definition) is 5. The summed E-state index contributed by atoms with van der Waals surface area (Å²) >= 11 is 0. The Labute approximate surface area is 169 Å². The molecule has 2 aliphatic rings. The fourth-order valence-electron chi connectivity index (χ4n) is 5.17. The summed E-state index contributed by atoms with van der Waals surface area (Å²) in [5, 5.41) is 0. The van der Waals surface area contributed by atoms with E-state index in [1.54, 1.807) is 0 Å². The highest BCUT2D eigenvalue weighted by Crippen LogP contribution is 2.69. The molecular weight excluding hydrogens is 368 g/mol. The number of ketones is 1. The van der Waals surface area contributed by atoms with E-state index in [2.05, 4.69) is 0 Å². The molecule has 1 saturated carbocycles. The number of carbonyl (C=O) groups excluding carboxylic acids is 3. The van der Waals surface area contributed by atoms with Crippen LogP contribution in [0.1, 0.15) is 24.5 Å². The van der Waals surface area contributed by atoms with Crippen molar-refractivity contribution in [2.75, 3.05) is 14.2 Å². The van der Waals surface area contributed by atoms with E-state index in [9.17, 15) is 14.4 Å². The van der Waals surface area contributed by atoms with Gasteiger partial charge in [0, 0.05) is 0 Å². The number of rotatable bonds is 4. The second-order valence-corrected chi connectivity index (χ2v) is 7.72. The molecule has 29 heavy (non-hydrogen) atoms. The molecule has 5 nitrogen and oxygen atoms in total. The molecule has 148 valence electrons. The molecule has 0 unspecified atom stereocenters. The second-order valence-electron chi connectivity index (χ2n) is 7.72. The number of fused-ring (bicyclic) bond motifs is 2. The lowest BCUT2D eigenvalue weighted by Gasteiger charge is -2.34. The molecule has 0 heterocycles. The van der Waals surface area contributed by atoms with Gasteiger partial charge in [-0.2, -0.15) is 0 Å². The molecule has 3 atom stereocenters. The van der Waals surface area contributed by atoms with Gasteiger partial charge in [0.05, 0.1) is 25.6 Å². The van der Waals surface area contributed by atoms with Crippen molar-refractivity contribution < 1.29 is 23.9 Å². The number of Topliss-reactive ketones (excluding diaryl/α,β-unsaturated/α-hetero) is 1. The second kappa shape index (κ2) is 6.69. The van der Waals surface area contributed by atoms with Crippen molar-refractivity contribution in [3.05, 3.63) is 71.8 Å². The van der Waals surface area contributed by atoms with E-state index in [-0.39, 0.29) is 12.2 Å². The predicted molar refractivity (Wildman–Crippen MR) is 107 cm³/mol. The fraction of sp³-hybridized carbons (Fsp3) is 0.292. The Bertz CT molecular complexity index is 1020. The van der Waals surface area contributed by atoms with E-state index >= 15 is 0 Å². The number of hydrogen-bond donors (Lipinski definition) is 0. The number of esters is 2. The van der Waals surface area contributed by atoms with Crippen LogP contribution in [0.5, 0.6) is 0 Å². The number of carbonyl (C=O) groups is 3. The molecule has 0 saturated heterocycles. The average molecular weight is 390 g/mol. The molecule has 0 N–H and O–H groups in total. The molecule has 4 rings (SSSR count). The first-order valence-corrected chi connectivity index (χ1v) is 9.50. The normalized spacial score (nSPS) is 27.8. The summed E-state index contributed by atoms with van der Waals surface area (Å²) in [6, 6.07) is 18.8. The van der Waals surface area contributed by atoms with Gasteiger partial charge in [-0.05, 0) is 35.6 Å². The van der Waals surface area contributed by atoms with Crippen molar-refractivity contribution in [3.63, 3.8) is 0 Å². The fourth-order valence-corrected chi connectivity index (χ4v) is 5.17. The smallest absolute Gasteiger partial charge is 0.324 e. The van der Waals surface area contributed by atoms with Crippen LogP contribution >= 0.6 is 0 Å². The Hall–Kier alpha value is -3.21. The Morgan fingerprint density at radius 2 is 1.38 bits per heavy atom. The van der Waals surface area contributed by atoms with Crippen molar-refractivity contribution in [1.29, 1.82) is 0 Å². The van der Waals surface area contributed by atoms with E-state index in [1.807, 2.05) is 67.6 Å². The SMILES string of the molecule is COC(=O)[C@@H]1C[C@@]2(C)C(=O)[C@]1(C(=O)OC)C(c1ccccc1)=C2c1ccccc1. The number of benzene rings is 2. The van der Waals surface area contributed by atoms with Crippen molar-refractivity contribution in [2.45, 2.75) is 13.3 Å². The minimum atomic E-state index is -1.72. The van der Waals surface area contributed by atoms with Gasteiger partial charge in [-0.1, -0.05) is 60.7 Å². The maximum absolute atomic E-state index is 13.9. The van der Waals surface area contributed by atoms with Gasteiger partial charge in [-0.3, -0.25) is 14.4 Å². The van der Waals surface area contributed by atoms with Crippen LogP contribution in [0.4, 0.5) is 0 Å². The van der Waals surface area contributed by atoms with Gasteiger partial charge in [-0.15, -0.1) is 0 Å². The lowest BCUT2D eigenvalue weighted by atomic mass is 9.66. The Balaban J connectivity index is 2.14. The van der Waals surface area contributed by atoms with E-state index in [1.165, 1.54) is 14.2 Å². The topological polar surface area (TPSA) is 69.7 Å². The number of allylic oxidation sites excluding steroid dienone is 1. The van der Waals surface area contributed by atoms with Crippen molar-refractivity contribution in [1.82, 2.24) is 0 Å². The van der Waals surface area contributed by atoms with Gasteiger partial charge >= 0.3 is 11.9 Å². The average Bonchev–Trinajstić information content (AvgIpc) is 3.12. The number of ether oxygens (including phenoxy) is 2. The highest BCUT2D eigenvalue weighted by Gasteiger charge is 2.75. The van der Waals surface area contributed by atoms with E-state index in [0.717, 1.165) is 16.7 Å². The molecule has 2 aliphatic carbocycles. The minimum Gasteiger partial charge on any atom is -0.469 e. The summed E-state index contributed by atoms with van der Waals surface area (Å²) < 4.78 is 10.1. The zero-order valence-corrected chi connectivity index (χ0v) is 16.6. The molecule has 2 aromatic rings. The molecule has 2 bridgehead atoms. The molecule has 2 aromatic carbocycles. The summed E-state index contributed by atoms with van der Waals surface area (Å²) in [6.07, 6.45) is 0.203. The van der Waals surface area contributed by atoms with Gasteiger partial charge in [0.1, 0.15) is 0 Å². The Morgan fingerprint density at radius 3 is 1.86 bits per heavy atom. The first kappa shape index (κ1) is 19.1. The van der Waals surface area contributed by atoms with E-state index < -0.39 is 28.7 Å².